The molecule has 20 heavy (non-hydrogen) atoms. The van der Waals surface area contributed by atoms with Gasteiger partial charge in [-0.05, 0) is 26.2 Å². The van der Waals surface area contributed by atoms with Gasteiger partial charge in [-0.2, -0.15) is 4.72 Å². The highest BCUT2D eigenvalue weighted by Gasteiger charge is 2.27. The van der Waals surface area contributed by atoms with Crippen LogP contribution in [-0.2, 0) is 14.8 Å². The van der Waals surface area contributed by atoms with Crippen molar-refractivity contribution >= 4 is 16.0 Å². The van der Waals surface area contributed by atoms with Crippen molar-refractivity contribution in [3.05, 3.63) is 12.5 Å². The van der Waals surface area contributed by atoms with Crippen molar-refractivity contribution < 1.29 is 18.3 Å². The molecule has 0 unspecified atom stereocenters. The van der Waals surface area contributed by atoms with E-state index in [1.165, 1.54) is 12.5 Å². The summed E-state index contributed by atoms with van der Waals surface area (Å²) in [5.41, 5.74) is 0. The summed E-state index contributed by atoms with van der Waals surface area (Å²) in [6.07, 6.45) is 3.03. The fraction of sp³-hybridized carbons (Fsp3) is 0.667. The Bertz CT molecular complexity index is 563. The Hall–Kier alpha value is -1.41. The number of sulfonamides is 1. The van der Waals surface area contributed by atoms with E-state index in [9.17, 15) is 13.2 Å². The maximum atomic E-state index is 12.1. The lowest BCUT2D eigenvalue weighted by molar-refractivity contribution is -0.139. The second-order valence-corrected chi connectivity index (χ2v) is 7.06. The molecule has 0 aliphatic heterocycles. The number of imidazole rings is 1. The molecule has 0 spiro atoms. The molecule has 114 valence electrons. The highest BCUT2D eigenvalue weighted by molar-refractivity contribution is 7.89. The number of hydrogen-bond acceptors (Lipinski definition) is 4. The predicted molar refractivity (Wildman–Crippen MR) is 73.8 cm³/mol. The lowest BCUT2D eigenvalue weighted by atomic mass is 10.1. The van der Waals surface area contributed by atoms with Crippen LogP contribution in [0.2, 0.25) is 0 Å². The molecule has 0 saturated carbocycles. The Morgan fingerprint density at radius 3 is 2.40 bits per heavy atom. The molecule has 0 aliphatic carbocycles. The van der Waals surface area contributed by atoms with Gasteiger partial charge in [0.05, 0.1) is 6.33 Å². The van der Waals surface area contributed by atoms with Gasteiger partial charge in [0.1, 0.15) is 6.04 Å². The van der Waals surface area contributed by atoms with Crippen molar-refractivity contribution in [2.24, 2.45) is 5.92 Å². The molecule has 1 heterocycles. The summed E-state index contributed by atoms with van der Waals surface area (Å²) in [6.45, 7) is 7.45. The van der Waals surface area contributed by atoms with E-state index < -0.39 is 22.0 Å². The first kappa shape index (κ1) is 16.6. The Balaban J connectivity index is 2.94. The number of carbonyl (C=O) groups is 1. The summed E-state index contributed by atoms with van der Waals surface area (Å²) in [5.74, 6) is -1.13. The fourth-order valence-corrected chi connectivity index (χ4v) is 2.80. The zero-order valence-corrected chi connectivity index (χ0v) is 12.9. The van der Waals surface area contributed by atoms with E-state index in [-0.39, 0.29) is 23.4 Å². The molecule has 8 heteroatoms. The molecule has 2 N–H and O–H groups in total. The van der Waals surface area contributed by atoms with Gasteiger partial charge < -0.3 is 9.67 Å². The first-order valence-electron chi connectivity index (χ1n) is 6.42. The van der Waals surface area contributed by atoms with Crippen LogP contribution in [0, 0.1) is 5.92 Å². The van der Waals surface area contributed by atoms with Crippen LogP contribution in [0.3, 0.4) is 0 Å². The average Bonchev–Trinajstić information content (AvgIpc) is 2.76. The number of carboxylic acids is 1. The lowest BCUT2D eigenvalue weighted by Crippen LogP contribution is -2.41. The second-order valence-electron chi connectivity index (χ2n) is 5.39. The number of rotatable bonds is 7. The Kier molecular flexibility index (Phi) is 5.29. The molecule has 1 rings (SSSR count). The number of nitrogens with one attached hydrogen (secondary N) is 1. The minimum atomic E-state index is -3.93. The molecular formula is C12H21N3O4S. The molecule has 1 atom stereocenters. The van der Waals surface area contributed by atoms with E-state index in [1.54, 1.807) is 4.57 Å². The highest BCUT2D eigenvalue weighted by Crippen LogP contribution is 2.13. The molecule has 0 aromatic carbocycles. The summed E-state index contributed by atoms with van der Waals surface area (Å²) in [5, 5.41) is 8.91. The van der Waals surface area contributed by atoms with E-state index in [4.69, 9.17) is 5.11 Å². The van der Waals surface area contributed by atoms with E-state index >= 15 is 0 Å². The molecule has 0 amide bonds. The average molecular weight is 303 g/mol. The van der Waals surface area contributed by atoms with Crippen LogP contribution in [0.1, 0.15) is 40.2 Å². The van der Waals surface area contributed by atoms with Gasteiger partial charge >= 0.3 is 5.97 Å². The summed E-state index contributed by atoms with van der Waals surface area (Å²) in [6, 6.07) is -1.07. The van der Waals surface area contributed by atoms with Gasteiger partial charge in [-0.25, -0.2) is 13.4 Å². The Labute approximate surface area is 119 Å². The van der Waals surface area contributed by atoms with Gasteiger partial charge in [0.2, 0.25) is 0 Å². The van der Waals surface area contributed by atoms with Crippen molar-refractivity contribution in [3.8, 4) is 0 Å². The number of hydrogen-bond donors (Lipinski definition) is 2. The van der Waals surface area contributed by atoms with Crippen LogP contribution >= 0.6 is 0 Å². The number of nitrogens with zero attached hydrogens (tertiary/aromatic N) is 2. The smallest absolute Gasteiger partial charge is 0.321 e. The third-order valence-electron chi connectivity index (χ3n) is 2.75. The van der Waals surface area contributed by atoms with Crippen LogP contribution in [0.15, 0.2) is 17.6 Å². The van der Waals surface area contributed by atoms with Crippen molar-refractivity contribution in [2.75, 3.05) is 0 Å². The van der Waals surface area contributed by atoms with E-state index in [0.29, 0.717) is 0 Å². The van der Waals surface area contributed by atoms with E-state index in [0.717, 1.165) is 0 Å². The zero-order chi connectivity index (χ0) is 15.5. The van der Waals surface area contributed by atoms with Crippen LogP contribution < -0.4 is 4.72 Å². The number of aromatic nitrogens is 2. The standard InChI is InChI=1S/C12H21N3O4S/c1-8(2)5-10(12(16)17)14-20(18,19)11-6-15(7-13-11)9(3)4/h6-10,14H,5H2,1-4H3,(H,16,17)/t10-/m0/s1. The molecule has 1 aromatic rings. The van der Waals surface area contributed by atoms with Crippen LogP contribution in [-0.4, -0.2) is 35.1 Å². The maximum Gasteiger partial charge on any atom is 0.321 e. The monoisotopic (exact) mass is 303 g/mol. The maximum absolute atomic E-state index is 12.1. The normalized spacial score (nSPS) is 13.9. The Morgan fingerprint density at radius 1 is 1.40 bits per heavy atom. The van der Waals surface area contributed by atoms with Gasteiger partial charge in [-0.15, -0.1) is 0 Å². The molecule has 0 aliphatic rings. The van der Waals surface area contributed by atoms with Crippen molar-refractivity contribution in [3.63, 3.8) is 0 Å². The van der Waals surface area contributed by atoms with E-state index in [2.05, 4.69) is 9.71 Å². The van der Waals surface area contributed by atoms with Gasteiger partial charge in [-0.3, -0.25) is 4.79 Å². The van der Waals surface area contributed by atoms with Gasteiger partial charge in [-0.1, -0.05) is 13.8 Å². The van der Waals surface area contributed by atoms with Crippen LogP contribution in [0.25, 0.3) is 0 Å². The Morgan fingerprint density at radius 2 is 2.00 bits per heavy atom. The predicted octanol–water partition coefficient (Wildman–Crippen LogP) is 1.24. The SMILES string of the molecule is CC(C)C[C@H](NS(=O)(=O)c1cn(C(C)C)cn1)C(=O)O. The number of aliphatic carboxylic acids is 1. The quantitative estimate of drug-likeness (QED) is 0.789. The summed E-state index contributed by atoms with van der Waals surface area (Å²) in [4.78, 5) is 14.9. The molecule has 7 nitrogen and oxygen atoms in total. The van der Waals surface area contributed by atoms with Crippen LogP contribution in [0.4, 0.5) is 0 Å². The second kappa shape index (κ2) is 6.36. The fourth-order valence-electron chi connectivity index (χ4n) is 1.66. The van der Waals surface area contributed by atoms with Crippen LogP contribution in [0.5, 0.6) is 0 Å². The first-order valence-corrected chi connectivity index (χ1v) is 7.90. The molecule has 0 fully saturated rings. The highest BCUT2D eigenvalue weighted by atomic mass is 32.2. The van der Waals surface area contributed by atoms with E-state index in [1.807, 2.05) is 27.7 Å². The first-order chi connectivity index (χ1) is 9.13. The molecule has 0 bridgehead atoms. The number of carboxylic acid groups (broad SMARTS) is 1. The molecule has 0 radical (unpaired) electrons. The minimum Gasteiger partial charge on any atom is -0.480 e. The zero-order valence-electron chi connectivity index (χ0n) is 12.1. The van der Waals surface area contributed by atoms with Gasteiger partial charge in [0, 0.05) is 12.2 Å². The molecular weight excluding hydrogens is 282 g/mol. The van der Waals surface area contributed by atoms with Crippen molar-refractivity contribution in [1.29, 1.82) is 0 Å². The molecule has 0 saturated heterocycles. The van der Waals surface area contributed by atoms with Gasteiger partial charge in [0.15, 0.2) is 5.03 Å². The van der Waals surface area contributed by atoms with Crippen molar-refractivity contribution in [2.45, 2.75) is 51.2 Å². The third kappa shape index (κ3) is 4.31. The largest absolute Gasteiger partial charge is 0.480 e. The summed E-state index contributed by atoms with van der Waals surface area (Å²) >= 11 is 0. The van der Waals surface area contributed by atoms with Gasteiger partial charge in [0.25, 0.3) is 10.0 Å². The minimum absolute atomic E-state index is 0.0621. The lowest BCUT2D eigenvalue weighted by Gasteiger charge is -2.15. The summed E-state index contributed by atoms with van der Waals surface area (Å²) in [7, 11) is -3.93. The summed E-state index contributed by atoms with van der Waals surface area (Å²) < 4.78 is 28.1. The molecule has 1 aromatic heterocycles. The third-order valence-corrected chi connectivity index (χ3v) is 4.11. The topological polar surface area (TPSA) is 101 Å². The van der Waals surface area contributed by atoms with Crippen molar-refractivity contribution in [1.82, 2.24) is 14.3 Å².